The SMILES string of the molecule is CCO/C(C)=N\OCC(=O)Nc1ccc([N+](C)(C)C)cc1. The van der Waals surface area contributed by atoms with Crippen LogP contribution in [0.2, 0.25) is 0 Å². The third kappa shape index (κ3) is 6.27. The van der Waals surface area contributed by atoms with Gasteiger partial charge in [-0.05, 0) is 19.1 Å². The number of amides is 1. The topological polar surface area (TPSA) is 59.9 Å². The van der Waals surface area contributed by atoms with Crippen LogP contribution in [0.4, 0.5) is 11.4 Å². The van der Waals surface area contributed by atoms with Gasteiger partial charge in [0.25, 0.3) is 5.91 Å². The molecule has 0 saturated carbocycles. The highest BCUT2D eigenvalue weighted by Gasteiger charge is 2.11. The smallest absolute Gasteiger partial charge is 0.265 e. The van der Waals surface area contributed by atoms with Crippen LogP contribution in [0.5, 0.6) is 0 Å². The minimum atomic E-state index is -0.263. The van der Waals surface area contributed by atoms with E-state index in [1.54, 1.807) is 6.92 Å². The van der Waals surface area contributed by atoms with Crippen molar-refractivity contribution >= 4 is 23.2 Å². The highest BCUT2D eigenvalue weighted by Crippen LogP contribution is 2.19. The van der Waals surface area contributed by atoms with Crippen molar-refractivity contribution in [2.75, 3.05) is 39.7 Å². The van der Waals surface area contributed by atoms with Crippen molar-refractivity contribution in [2.45, 2.75) is 13.8 Å². The first-order valence-electron chi connectivity index (χ1n) is 6.84. The van der Waals surface area contributed by atoms with Crippen LogP contribution in [0.1, 0.15) is 13.8 Å². The summed E-state index contributed by atoms with van der Waals surface area (Å²) in [6, 6.07) is 7.69. The van der Waals surface area contributed by atoms with Gasteiger partial charge in [0.05, 0.1) is 27.7 Å². The number of nitrogens with zero attached hydrogens (tertiary/aromatic N) is 2. The summed E-state index contributed by atoms with van der Waals surface area (Å²) in [7, 11) is 6.25. The molecule has 1 amide bonds. The van der Waals surface area contributed by atoms with E-state index >= 15 is 0 Å². The average Bonchev–Trinajstić information content (AvgIpc) is 2.38. The van der Waals surface area contributed by atoms with Gasteiger partial charge < -0.3 is 14.9 Å². The quantitative estimate of drug-likeness (QED) is 0.379. The lowest BCUT2D eigenvalue weighted by Crippen LogP contribution is -2.34. The summed E-state index contributed by atoms with van der Waals surface area (Å²) < 4.78 is 5.80. The fraction of sp³-hybridized carbons (Fsp3) is 0.467. The first-order chi connectivity index (χ1) is 9.82. The monoisotopic (exact) mass is 294 g/mol. The molecule has 0 heterocycles. The molecular weight excluding hydrogens is 270 g/mol. The first-order valence-corrected chi connectivity index (χ1v) is 6.84. The van der Waals surface area contributed by atoms with Crippen LogP contribution in [0.25, 0.3) is 0 Å². The minimum absolute atomic E-state index is 0.151. The number of benzene rings is 1. The third-order valence-corrected chi connectivity index (χ3v) is 2.67. The number of ether oxygens (including phenoxy) is 1. The molecule has 0 saturated heterocycles. The van der Waals surface area contributed by atoms with Crippen LogP contribution < -0.4 is 9.80 Å². The molecule has 1 N–H and O–H groups in total. The lowest BCUT2D eigenvalue weighted by atomic mass is 10.2. The van der Waals surface area contributed by atoms with Crippen molar-refractivity contribution in [3.05, 3.63) is 24.3 Å². The molecule has 0 aromatic heterocycles. The van der Waals surface area contributed by atoms with Crippen LogP contribution in [0.3, 0.4) is 0 Å². The summed E-state index contributed by atoms with van der Waals surface area (Å²) >= 11 is 0. The summed E-state index contributed by atoms with van der Waals surface area (Å²) in [6.45, 7) is 3.89. The van der Waals surface area contributed by atoms with E-state index in [2.05, 4.69) is 31.6 Å². The molecule has 116 valence electrons. The Morgan fingerprint density at radius 1 is 1.24 bits per heavy atom. The molecule has 0 bridgehead atoms. The van der Waals surface area contributed by atoms with Gasteiger partial charge in [-0.25, -0.2) is 0 Å². The molecule has 21 heavy (non-hydrogen) atoms. The number of hydrogen-bond donors (Lipinski definition) is 1. The van der Waals surface area contributed by atoms with Gasteiger partial charge in [-0.15, -0.1) is 0 Å². The maximum atomic E-state index is 11.7. The van der Waals surface area contributed by atoms with E-state index in [4.69, 9.17) is 9.57 Å². The van der Waals surface area contributed by atoms with E-state index in [1.165, 1.54) is 0 Å². The molecule has 1 aromatic rings. The predicted molar refractivity (Wildman–Crippen MR) is 85.3 cm³/mol. The van der Waals surface area contributed by atoms with E-state index in [0.717, 1.165) is 15.9 Å². The van der Waals surface area contributed by atoms with E-state index in [1.807, 2.05) is 31.2 Å². The zero-order valence-electron chi connectivity index (χ0n) is 13.3. The lowest BCUT2D eigenvalue weighted by Gasteiger charge is -2.23. The number of hydrogen-bond acceptors (Lipinski definition) is 4. The van der Waals surface area contributed by atoms with E-state index < -0.39 is 0 Å². The van der Waals surface area contributed by atoms with Crippen molar-refractivity contribution < 1.29 is 14.4 Å². The number of nitrogens with one attached hydrogen (secondary N) is 1. The second kappa shape index (κ2) is 7.64. The van der Waals surface area contributed by atoms with Gasteiger partial charge in [-0.2, -0.15) is 0 Å². The standard InChI is InChI=1S/C15H23N3O3/c1-6-20-12(2)17-21-11-15(19)16-13-7-9-14(10-8-13)18(3,4)5/h7-10H,6,11H2,1-5H3/p+1/b17-12-. The van der Waals surface area contributed by atoms with Crippen molar-refractivity contribution in [1.82, 2.24) is 4.48 Å². The average molecular weight is 294 g/mol. The summed E-state index contributed by atoms with van der Waals surface area (Å²) in [5.74, 6) is 0.138. The molecule has 6 nitrogen and oxygen atoms in total. The van der Waals surface area contributed by atoms with Crippen molar-refractivity contribution in [2.24, 2.45) is 5.16 Å². The molecule has 0 aliphatic carbocycles. The molecular formula is C15H24N3O3+. The predicted octanol–water partition coefficient (Wildman–Crippen LogP) is 2.21. The molecule has 0 aliphatic rings. The summed E-state index contributed by atoms with van der Waals surface area (Å²) in [6.07, 6.45) is 0. The number of carbonyl (C=O) groups excluding carboxylic acids is 1. The van der Waals surface area contributed by atoms with Gasteiger partial charge >= 0.3 is 0 Å². The normalized spacial score (nSPS) is 12.0. The summed E-state index contributed by atoms with van der Waals surface area (Å²) in [5.41, 5.74) is 1.88. The van der Waals surface area contributed by atoms with Crippen molar-refractivity contribution in [3.8, 4) is 0 Å². The Labute approximate surface area is 125 Å². The number of carbonyl (C=O) groups is 1. The Bertz CT molecular complexity index is 490. The zero-order chi connectivity index (χ0) is 15.9. The Morgan fingerprint density at radius 3 is 2.38 bits per heavy atom. The second-order valence-corrected chi connectivity index (χ2v) is 5.42. The van der Waals surface area contributed by atoms with Crippen LogP contribution in [-0.2, 0) is 14.4 Å². The Hall–Kier alpha value is -2.08. The van der Waals surface area contributed by atoms with E-state index in [9.17, 15) is 4.79 Å². The fourth-order valence-corrected chi connectivity index (χ4v) is 1.61. The Morgan fingerprint density at radius 2 is 1.86 bits per heavy atom. The number of anilines is 1. The van der Waals surface area contributed by atoms with Crippen LogP contribution in [0.15, 0.2) is 29.4 Å². The number of rotatable bonds is 6. The number of quaternary nitrogens is 1. The van der Waals surface area contributed by atoms with Crippen LogP contribution in [-0.4, -0.2) is 46.2 Å². The van der Waals surface area contributed by atoms with E-state index in [-0.39, 0.29) is 12.5 Å². The first kappa shape index (κ1) is 17.0. The van der Waals surface area contributed by atoms with Crippen LogP contribution in [0, 0.1) is 0 Å². The van der Waals surface area contributed by atoms with Gasteiger partial charge in [-0.3, -0.25) is 9.28 Å². The Kier molecular flexibility index (Phi) is 6.17. The zero-order valence-corrected chi connectivity index (χ0v) is 13.3. The molecule has 0 unspecified atom stereocenters. The van der Waals surface area contributed by atoms with Gasteiger partial charge in [0.15, 0.2) is 6.61 Å². The fourth-order valence-electron chi connectivity index (χ4n) is 1.61. The van der Waals surface area contributed by atoms with Gasteiger partial charge in [0.1, 0.15) is 5.69 Å². The molecule has 0 aliphatic heterocycles. The molecule has 1 aromatic carbocycles. The minimum Gasteiger partial charge on any atom is -0.479 e. The highest BCUT2D eigenvalue weighted by atomic mass is 16.6. The Balaban J connectivity index is 2.47. The molecule has 0 fully saturated rings. The highest BCUT2D eigenvalue weighted by molar-refractivity contribution is 5.91. The summed E-state index contributed by atoms with van der Waals surface area (Å²) in [5, 5.41) is 6.42. The van der Waals surface area contributed by atoms with Crippen molar-refractivity contribution in [1.29, 1.82) is 0 Å². The van der Waals surface area contributed by atoms with Gasteiger partial charge in [0, 0.05) is 24.7 Å². The van der Waals surface area contributed by atoms with E-state index in [0.29, 0.717) is 12.5 Å². The molecule has 0 radical (unpaired) electrons. The molecule has 1 rings (SSSR count). The molecule has 0 spiro atoms. The second-order valence-electron chi connectivity index (χ2n) is 5.42. The maximum absolute atomic E-state index is 11.7. The summed E-state index contributed by atoms with van der Waals surface area (Å²) in [4.78, 5) is 16.6. The largest absolute Gasteiger partial charge is 0.479 e. The maximum Gasteiger partial charge on any atom is 0.265 e. The third-order valence-electron chi connectivity index (χ3n) is 2.67. The van der Waals surface area contributed by atoms with Crippen molar-refractivity contribution in [3.63, 3.8) is 0 Å². The van der Waals surface area contributed by atoms with Gasteiger partial charge in [-0.1, -0.05) is 5.16 Å². The van der Waals surface area contributed by atoms with Gasteiger partial charge in [0.2, 0.25) is 5.90 Å². The number of oxime groups is 1. The van der Waals surface area contributed by atoms with Crippen LogP contribution >= 0.6 is 0 Å². The molecule has 0 atom stereocenters. The lowest BCUT2D eigenvalue weighted by molar-refractivity contribution is -0.120. The molecule has 6 heteroatoms.